The highest BCUT2D eigenvalue weighted by molar-refractivity contribution is 6.06. The van der Waals surface area contributed by atoms with Crippen LogP contribution in [-0.2, 0) is 57.1 Å². The van der Waals surface area contributed by atoms with Crippen molar-refractivity contribution in [3.63, 3.8) is 0 Å². The fraction of sp³-hybridized carbons (Fsp3) is 0.622. The fourth-order valence-electron chi connectivity index (χ4n) is 4.54. The number of Topliss-reactive ketones (excluding diaryl/α,β-unsaturated/α-hetero) is 1. The summed E-state index contributed by atoms with van der Waals surface area (Å²) in [4.78, 5) is 49.7. The summed E-state index contributed by atoms with van der Waals surface area (Å²) in [5.74, 6) is -1.24. The molecule has 1 aliphatic rings. The molecule has 1 aromatic rings. The Hall–Kier alpha value is -3.34. The van der Waals surface area contributed by atoms with Crippen LogP contribution in [0.25, 0.3) is 0 Å². The standard InChI is InChI=1S/C37H56N2O12/c1-32(40)12-15-44-17-19-46-21-23-48-25-27-50-29-30-51-28-26-49-24-22-47-20-18-45-16-13-38-35(41)11-14-39-36(42)31-34(37(39)43)33-9-7-5-3-2-4-6-8-10-33/h2-10,34H,11-31H2,1H3,(H,38,41). The van der Waals surface area contributed by atoms with Gasteiger partial charge in [-0.15, -0.1) is 0 Å². The van der Waals surface area contributed by atoms with Crippen molar-refractivity contribution in [3.8, 4) is 0 Å². The number of ketones is 1. The number of amides is 3. The number of rotatable bonds is 31. The van der Waals surface area contributed by atoms with E-state index in [9.17, 15) is 19.2 Å². The highest BCUT2D eigenvalue weighted by atomic mass is 16.6. The maximum Gasteiger partial charge on any atom is 0.237 e. The van der Waals surface area contributed by atoms with Gasteiger partial charge in [0.2, 0.25) is 17.7 Å². The Kier molecular flexibility index (Phi) is 26.0. The normalized spacial score (nSPS) is 14.1. The Labute approximate surface area is 301 Å². The number of carbonyl (C=O) groups is 4. The van der Waals surface area contributed by atoms with E-state index in [1.165, 1.54) is 4.90 Å². The third kappa shape index (κ3) is 23.0. The smallest absolute Gasteiger partial charge is 0.237 e. The lowest BCUT2D eigenvalue weighted by Crippen LogP contribution is -2.35. The lowest BCUT2D eigenvalue weighted by molar-refractivity contribution is -0.139. The molecule has 0 bridgehead atoms. The lowest BCUT2D eigenvalue weighted by atomic mass is 9.99. The molecule has 1 aliphatic heterocycles. The van der Waals surface area contributed by atoms with Gasteiger partial charge < -0.3 is 43.2 Å². The molecule has 0 aliphatic carbocycles. The van der Waals surface area contributed by atoms with E-state index >= 15 is 0 Å². The van der Waals surface area contributed by atoms with E-state index in [0.29, 0.717) is 119 Å². The van der Waals surface area contributed by atoms with Crippen molar-refractivity contribution >= 4 is 23.5 Å². The minimum atomic E-state index is -0.551. The SMILES string of the molecule is CC(=O)CCOCCOCCOCCOCCOCCOCCOCCOCCNC(=O)CCN1C(=O)CC(c2ccccccccc2)C1=O. The number of nitrogens with zero attached hydrogens (tertiary/aromatic N) is 1. The van der Waals surface area contributed by atoms with Gasteiger partial charge in [0.25, 0.3) is 0 Å². The number of ether oxygens (including phenoxy) is 8. The molecular weight excluding hydrogens is 664 g/mol. The predicted octanol–water partition coefficient (Wildman–Crippen LogP) is 2.27. The third-order valence-corrected chi connectivity index (χ3v) is 7.22. The van der Waals surface area contributed by atoms with Crippen molar-refractivity contribution < 1.29 is 57.1 Å². The Morgan fingerprint density at radius 1 is 0.588 bits per heavy atom. The highest BCUT2D eigenvalue weighted by Gasteiger charge is 2.39. The van der Waals surface area contributed by atoms with Crippen molar-refractivity contribution in [1.29, 1.82) is 0 Å². The molecule has 0 saturated carbocycles. The van der Waals surface area contributed by atoms with Crippen LogP contribution in [0.5, 0.6) is 0 Å². The molecule has 3 amide bonds. The quantitative estimate of drug-likeness (QED) is 0.0883. The molecule has 0 aromatic heterocycles. The van der Waals surface area contributed by atoms with Gasteiger partial charge in [0.05, 0.1) is 112 Å². The van der Waals surface area contributed by atoms with E-state index in [4.69, 9.17) is 37.9 Å². The highest BCUT2D eigenvalue weighted by Crippen LogP contribution is 2.29. The maximum atomic E-state index is 13.0. The van der Waals surface area contributed by atoms with Crippen molar-refractivity contribution in [3.05, 3.63) is 60.2 Å². The Bertz CT molecular complexity index is 1140. The number of hydrogen-bond acceptors (Lipinski definition) is 12. The van der Waals surface area contributed by atoms with Gasteiger partial charge in [-0.2, -0.15) is 0 Å². The zero-order chi connectivity index (χ0) is 36.6. The summed E-state index contributed by atoms with van der Waals surface area (Å²) in [5, 5.41) is 2.75. The summed E-state index contributed by atoms with van der Waals surface area (Å²) in [6.07, 6.45) is 0.557. The monoisotopic (exact) mass is 720 g/mol. The molecule has 1 heterocycles. The van der Waals surface area contributed by atoms with E-state index in [1.54, 1.807) is 6.92 Å². The molecule has 0 radical (unpaired) electrons. The van der Waals surface area contributed by atoms with Gasteiger partial charge in [-0.05, 0) is 12.5 Å². The van der Waals surface area contributed by atoms with Gasteiger partial charge >= 0.3 is 0 Å². The molecule has 1 fully saturated rings. The fourth-order valence-corrected chi connectivity index (χ4v) is 4.54. The maximum absolute atomic E-state index is 13.0. The zero-order valence-corrected chi connectivity index (χ0v) is 30.0. The average Bonchev–Trinajstić information content (AvgIpc) is 3.40. The van der Waals surface area contributed by atoms with Crippen LogP contribution in [0.1, 0.15) is 37.7 Å². The van der Waals surface area contributed by atoms with Gasteiger partial charge in [0, 0.05) is 32.4 Å². The first-order valence-electron chi connectivity index (χ1n) is 17.6. The summed E-state index contributed by atoms with van der Waals surface area (Å²) in [5.41, 5.74) is 0.758. The Morgan fingerprint density at radius 2 is 0.980 bits per heavy atom. The van der Waals surface area contributed by atoms with Crippen LogP contribution < -0.4 is 5.32 Å². The van der Waals surface area contributed by atoms with Gasteiger partial charge in [0.1, 0.15) is 5.78 Å². The van der Waals surface area contributed by atoms with E-state index in [-0.39, 0.29) is 42.9 Å². The summed E-state index contributed by atoms with van der Waals surface area (Å²) in [6, 6.07) is 16.7. The molecule has 1 aromatic carbocycles. The molecule has 14 nitrogen and oxygen atoms in total. The molecule has 1 N–H and O–H groups in total. The summed E-state index contributed by atoms with van der Waals surface area (Å²) < 4.78 is 43.4. The van der Waals surface area contributed by atoms with Gasteiger partial charge in [0.15, 0.2) is 0 Å². The second-order valence-corrected chi connectivity index (χ2v) is 11.3. The minimum absolute atomic E-state index is 0.0329. The van der Waals surface area contributed by atoms with Gasteiger partial charge in [-0.25, -0.2) is 0 Å². The summed E-state index contributed by atoms with van der Waals surface area (Å²) in [6.45, 7) is 8.97. The number of nitrogens with one attached hydrogen (secondary N) is 1. The summed E-state index contributed by atoms with van der Waals surface area (Å²) >= 11 is 0. The Morgan fingerprint density at radius 3 is 1.41 bits per heavy atom. The number of carbonyl (C=O) groups excluding carboxylic acids is 4. The topological polar surface area (TPSA) is 157 Å². The van der Waals surface area contributed by atoms with Crippen molar-refractivity contribution in [2.24, 2.45) is 0 Å². The van der Waals surface area contributed by atoms with Crippen LogP contribution in [0.3, 0.4) is 0 Å². The van der Waals surface area contributed by atoms with E-state index in [2.05, 4.69) is 5.32 Å². The first-order chi connectivity index (χ1) is 25.0. The molecular formula is C37H56N2O12. The zero-order valence-electron chi connectivity index (χ0n) is 30.0. The van der Waals surface area contributed by atoms with Crippen LogP contribution in [0.4, 0.5) is 0 Å². The van der Waals surface area contributed by atoms with E-state index in [1.807, 2.05) is 54.6 Å². The summed E-state index contributed by atoms with van der Waals surface area (Å²) in [7, 11) is 0. The number of likely N-dealkylation sites (tertiary alicyclic amines) is 1. The van der Waals surface area contributed by atoms with Crippen molar-refractivity contribution in [2.75, 3.05) is 119 Å². The molecule has 0 spiro atoms. The largest absolute Gasteiger partial charge is 0.379 e. The van der Waals surface area contributed by atoms with Gasteiger partial charge in [-0.3, -0.25) is 24.1 Å². The van der Waals surface area contributed by atoms with Gasteiger partial charge in [-0.1, -0.05) is 54.6 Å². The van der Waals surface area contributed by atoms with E-state index in [0.717, 1.165) is 5.56 Å². The minimum Gasteiger partial charge on any atom is -0.379 e. The van der Waals surface area contributed by atoms with Crippen LogP contribution >= 0.6 is 0 Å². The van der Waals surface area contributed by atoms with Crippen LogP contribution in [0.15, 0.2) is 54.6 Å². The van der Waals surface area contributed by atoms with Crippen LogP contribution in [-0.4, -0.2) is 147 Å². The molecule has 1 atom stereocenters. The second-order valence-electron chi connectivity index (χ2n) is 11.3. The van der Waals surface area contributed by atoms with Crippen LogP contribution in [0, 0.1) is 0 Å². The van der Waals surface area contributed by atoms with Crippen LogP contribution in [0.2, 0.25) is 0 Å². The number of imide groups is 1. The van der Waals surface area contributed by atoms with E-state index < -0.39 is 5.92 Å². The van der Waals surface area contributed by atoms with Crippen molar-refractivity contribution in [1.82, 2.24) is 10.2 Å². The molecule has 1 saturated heterocycles. The second kappa shape index (κ2) is 30.3. The molecule has 286 valence electrons. The molecule has 14 heteroatoms. The third-order valence-electron chi connectivity index (χ3n) is 7.22. The van der Waals surface area contributed by atoms with Crippen molar-refractivity contribution in [2.45, 2.75) is 32.1 Å². The predicted molar refractivity (Wildman–Crippen MR) is 188 cm³/mol. The molecule has 51 heavy (non-hydrogen) atoms. The molecule has 2 rings (SSSR count). The number of hydrogen-bond donors (Lipinski definition) is 1. The Balaban J connectivity index is 1.32. The first kappa shape index (κ1) is 43.8. The molecule has 1 unspecified atom stereocenters. The first-order valence-corrected chi connectivity index (χ1v) is 17.6. The lowest BCUT2D eigenvalue weighted by Gasteiger charge is -2.15. The average molecular weight is 721 g/mol.